The zero-order valence-electron chi connectivity index (χ0n) is 13.0. The van der Waals surface area contributed by atoms with Gasteiger partial charge in [0, 0.05) is 12.2 Å². The molecule has 1 aromatic carbocycles. The minimum atomic E-state index is -1.01. The molecular formula is C16H17N3O4. The molecule has 0 aromatic heterocycles. The largest absolute Gasteiger partial charge is 0.335 e. The highest BCUT2D eigenvalue weighted by Crippen LogP contribution is 2.15. The number of rotatable bonds is 5. The molecule has 0 saturated carbocycles. The van der Waals surface area contributed by atoms with Gasteiger partial charge in [0.2, 0.25) is 5.91 Å². The van der Waals surface area contributed by atoms with Crippen LogP contribution in [0.15, 0.2) is 30.9 Å². The van der Waals surface area contributed by atoms with Crippen LogP contribution in [0.1, 0.15) is 11.1 Å². The van der Waals surface area contributed by atoms with E-state index in [1.807, 2.05) is 19.9 Å². The summed E-state index contributed by atoms with van der Waals surface area (Å²) in [5, 5.41) is 2.60. The van der Waals surface area contributed by atoms with Gasteiger partial charge in [-0.15, -0.1) is 6.58 Å². The van der Waals surface area contributed by atoms with Gasteiger partial charge in [0.25, 0.3) is 0 Å². The summed E-state index contributed by atoms with van der Waals surface area (Å²) in [6, 6.07) is 4.56. The molecule has 1 aliphatic rings. The highest BCUT2D eigenvalue weighted by atomic mass is 16.2. The molecule has 1 saturated heterocycles. The van der Waals surface area contributed by atoms with Gasteiger partial charge in [-0.05, 0) is 37.1 Å². The third-order valence-corrected chi connectivity index (χ3v) is 3.54. The number of carbonyl (C=O) groups excluding carboxylic acids is 4. The Morgan fingerprint density at radius 3 is 2.39 bits per heavy atom. The van der Waals surface area contributed by atoms with Gasteiger partial charge in [-0.25, -0.2) is 9.69 Å². The molecule has 2 rings (SSSR count). The van der Waals surface area contributed by atoms with Gasteiger partial charge < -0.3 is 5.32 Å². The van der Waals surface area contributed by atoms with Gasteiger partial charge in [0.15, 0.2) is 0 Å². The zero-order valence-corrected chi connectivity index (χ0v) is 13.0. The van der Waals surface area contributed by atoms with Crippen molar-refractivity contribution in [2.24, 2.45) is 0 Å². The number of anilines is 1. The Balaban J connectivity index is 2.06. The SMILES string of the molecule is C=CCN1C(=O)C(=O)N(CC(=O)Nc2ccc(C)c(C)c2)C1=O. The molecule has 1 N–H and O–H groups in total. The molecule has 1 aromatic rings. The lowest BCUT2D eigenvalue weighted by atomic mass is 10.1. The van der Waals surface area contributed by atoms with Crippen molar-refractivity contribution in [2.45, 2.75) is 13.8 Å². The van der Waals surface area contributed by atoms with Crippen molar-refractivity contribution in [1.29, 1.82) is 0 Å². The number of benzene rings is 1. The summed E-state index contributed by atoms with van der Waals surface area (Å²) in [6.07, 6.45) is 1.34. The molecule has 7 heteroatoms. The first-order valence-electron chi connectivity index (χ1n) is 7.00. The topological polar surface area (TPSA) is 86.8 Å². The van der Waals surface area contributed by atoms with Crippen LogP contribution in [0.2, 0.25) is 0 Å². The summed E-state index contributed by atoms with van der Waals surface area (Å²) in [4.78, 5) is 48.8. The Morgan fingerprint density at radius 1 is 1.13 bits per heavy atom. The average molecular weight is 315 g/mol. The van der Waals surface area contributed by atoms with E-state index in [1.54, 1.807) is 12.1 Å². The number of nitrogens with zero attached hydrogens (tertiary/aromatic N) is 2. The smallest absolute Gasteiger partial charge is 0.325 e. The van der Waals surface area contributed by atoms with Gasteiger partial charge >= 0.3 is 17.8 Å². The number of hydrogen-bond acceptors (Lipinski definition) is 4. The van der Waals surface area contributed by atoms with Crippen LogP contribution in [0.4, 0.5) is 10.5 Å². The van der Waals surface area contributed by atoms with Crippen LogP contribution < -0.4 is 5.32 Å². The van der Waals surface area contributed by atoms with Gasteiger partial charge in [-0.3, -0.25) is 19.3 Å². The molecule has 1 fully saturated rings. The standard InChI is InChI=1S/C16H17N3O4/c1-4-7-18-14(21)15(22)19(16(18)23)9-13(20)17-12-6-5-10(2)11(3)8-12/h4-6,8H,1,7,9H2,2-3H3,(H,17,20). The predicted octanol–water partition coefficient (Wildman–Crippen LogP) is 1.22. The molecular weight excluding hydrogens is 298 g/mol. The molecule has 0 radical (unpaired) electrons. The van der Waals surface area contributed by atoms with E-state index in [1.165, 1.54) is 6.08 Å². The van der Waals surface area contributed by atoms with Crippen LogP contribution >= 0.6 is 0 Å². The minimum Gasteiger partial charge on any atom is -0.325 e. The first-order chi connectivity index (χ1) is 10.8. The molecule has 5 amide bonds. The Kier molecular flexibility index (Phi) is 4.59. The van der Waals surface area contributed by atoms with Crippen molar-refractivity contribution in [3.05, 3.63) is 42.0 Å². The Morgan fingerprint density at radius 2 is 1.78 bits per heavy atom. The Labute approximate surface area is 133 Å². The van der Waals surface area contributed by atoms with Gasteiger partial charge in [0.1, 0.15) is 6.54 Å². The first-order valence-corrected chi connectivity index (χ1v) is 7.00. The van der Waals surface area contributed by atoms with Crippen LogP contribution in [-0.4, -0.2) is 46.6 Å². The van der Waals surface area contributed by atoms with Gasteiger partial charge in [0.05, 0.1) is 0 Å². The number of nitrogens with one attached hydrogen (secondary N) is 1. The average Bonchev–Trinajstić information content (AvgIpc) is 2.69. The van der Waals surface area contributed by atoms with E-state index in [0.29, 0.717) is 10.6 Å². The van der Waals surface area contributed by atoms with Crippen LogP contribution in [0.5, 0.6) is 0 Å². The fraction of sp³-hybridized carbons (Fsp3) is 0.250. The van der Waals surface area contributed by atoms with E-state index in [-0.39, 0.29) is 6.54 Å². The number of imide groups is 2. The van der Waals surface area contributed by atoms with Crippen LogP contribution in [0.25, 0.3) is 0 Å². The third kappa shape index (κ3) is 3.28. The summed E-state index contributed by atoms with van der Waals surface area (Å²) in [5.74, 6) is -2.51. The second-order valence-electron chi connectivity index (χ2n) is 5.23. The van der Waals surface area contributed by atoms with Crippen molar-refractivity contribution >= 4 is 29.4 Å². The molecule has 120 valence electrons. The second kappa shape index (κ2) is 6.43. The predicted molar refractivity (Wildman–Crippen MR) is 83.6 cm³/mol. The number of carbonyl (C=O) groups is 4. The van der Waals surface area contributed by atoms with Crippen LogP contribution in [0, 0.1) is 13.8 Å². The van der Waals surface area contributed by atoms with E-state index >= 15 is 0 Å². The molecule has 23 heavy (non-hydrogen) atoms. The van der Waals surface area contributed by atoms with Crippen molar-refractivity contribution in [2.75, 3.05) is 18.4 Å². The van der Waals surface area contributed by atoms with Crippen molar-refractivity contribution in [1.82, 2.24) is 9.80 Å². The summed E-state index contributed by atoms with van der Waals surface area (Å²) in [7, 11) is 0. The zero-order chi connectivity index (χ0) is 17.1. The lowest BCUT2D eigenvalue weighted by Crippen LogP contribution is -2.39. The normalized spacial score (nSPS) is 14.4. The van der Waals surface area contributed by atoms with Gasteiger partial charge in [-0.2, -0.15) is 0 Å². The fourth-order valence-corrected chi connectivity index (χ4v) is 2.14. The van der Waals surface area contributed by atoms with Crippen LogP contribution in [-0.2, 0) is 14.4 Å². The number of urea groups is 1. The lowest BCUT2D eigenvalue weighted by molar-refractivity contribution is -0.143. The minimum absolute atomic E-state index is 0.0708. The van der Waals surface area contributed by atoms with Crippen molar-refractivity contribution < 1.29 is 19.2 Å². The molecule has 0 unspecified atom stereocenters. The highest BCUT2D eigenvalue weighted by Gasteiger charge is 2.44. The van der Waals surface area contributed by atoms with E-state index in [4.69, 9.17) is 0 Å². The number of aryl methyl sites for hydroxylation is 2. The van der Waals surface area contributed by atoms with E-state index < -0.39 is 30.3 Å². The molecule has 1 aliphatic heterocycles. The maximum Gasteiger partial charge on any atom is 0.335 e. The Bertz CT molecular complexity index is 711. The molecule has 0 bridgehead atoms. The highest BCUT2D eigenvalue weighted by molar-refractivity contribution is 6.45. The van der Waals surface area contributed by atoms with E-state index in [2.05, 4.69) is 11.9 Å². The Hall–Kier alpha value is -2.96. The van der Waals surface area contributed by atoms with E-state index in [9.17, 15) is 19.2 Å². The molecule has 0 atom stereocenters. The molecule has 0 spiro atoms. The summed E-state index contributed by atoms with van der Waals surface area (Å²) in [5.41, 5.74) is 2.65. The number of amides is 5. The quantitative estimate of drug-likeness (QED) is 0.503. The fourth-order valence-electron chi connectivity index (χ4n) is 2.14. The third-order valence-electron chi connectivity index (χ3n) is 3.54. The second-order valence-corrected chi connectivity index (χ2v) is 5.23. The maximum atomic E-state index is 12.0. The molecule has 7 nitrogen and oxygen atoms in total. The lowest BCUT2D eigenvalue weighted by Gasteiger charge is -2.14. The summed E-state index contributed by atoms with van der Waals surface area (Å²) in [6.45, 7) is 6.69. The van der Waals surface area contributed by atoms with Crippen molar-refractivity contribution in [3.8, 4) is 0 Å². The summed E-state index contributed by atoms with van der Waals surface area (Å²) >= 11 is 0. The van der Waals surface area contributed by atoms with E-state index in [0.717, 1.165) is 16.0 Å². The molecule has 1 heterocycles. The van der Waals surface area contributed by atoms with Crippen LogP contribution in [0.3, 0.4) is 0 Å². The van der Waals surface area contributed by atoms with Gasteiger partial charge in [-0.1, -0.05) is 12.1 Å². The monoisotopic (exact) mass is 315 g/mol. The summed E-state index contributed by atoms with van der Waals surface area (Å²) < 4.78 is 0. The maximum absolute atomic E-state index is 12.0. The molecule has 0 aliphatic carbocycles. The number of hydrogen-bond donors (Lipinski definition) is 1. The van der Waals surface area contributed by atoms with Crippen molar-refractivity contribution in [3.63, 3.8) is 0 Å². The first kappa shape index (κ1) is 16.4.